The molecule has 232 valence electrons. The van der Waals surface area contributed by atoms with E-state index < -0.39 is 43.7 Å². The molecular weight excluding hydrogens is 643 g/mol. The zero-order valence-electron chi connectivity index (χ0n) is 24.2. The molecular formula is C29H26F2N3NaO8S2. The second-order valence-electron chi connectivity index (χ2n) is 8.72. The van der Waals surface area contributed by atoms with Crippen molar-refractivity contribution in [2.75, 3.05) is 28.0 Å². The summed E-state index contributed by atoms with van der Waals surface area (Å²) in [5.74, 6) is -3.14. The molecule has 0 aromatic heterocycles. The minimum atomic E-state index is -3.99. The van der Waals surface area contributed by atoms with Gasteiger partial charge in [-0.1, -0.05) is 42.5 Å². The van der Waals surface area contributed by atoms with E-state index in [1.807, 2.05) is 0 Å². The standard InChI is InChI=1S/C14H13FN2O4S.C14H10FNO3S.CH3O.Na/c1-21-14(18)12-9-10(15)7-8-13(12)17-22(19,20)16-11-5-3-2-4-6-11;15-11-7-6-10-9-20(18,19)16(14(17)13(10)8-11)12-4-2-1-3-5-12;1-2;/h2-9,16-17H,1H3;1-8H,9H2;1H3;/q;;-1;+1. The molecule has 1 aliphatic heterocycles. The van der Waals surface area contributed by atoms with E-state index in [0.717, 1.165) is 48.9 Å². The molecule has 1 aliphatic rings. The zero-order valence-corrected chi connectivity index (χ0v) is 27.9. The molecule has 16 heteroatoms. The van der Waals surface area contributed by atoms with Gasteiger partial charge in [0.2, 0.25) is 10.0 Å². The monoisotopic (exact) mass is 669 g/mol. The number of carbonyl (C=O) groups is 2. The Kier molecular flexibility index (Phi) is 13.6. The molecule has 0 saturated carbocycles. The molecule has 4 aromatic carbocycles. The number of hydrogen-bond donors (Lipinski definition) is 2. The van der Waals surface area contributed by atoms with Crippen molar-refractivity contribution in [2.24, 2.45) is 0 Å². The van der Waals surface area contributed by atoms with Crippen LogP contribution in [0.1, 0.15) is 26.3 Å². The number of sulfonamides is 1. The number of nitrogens with one attached hydrogen (secondary N) is 2. The Labute approximate surface area is 281 Å². The summed E-state index contributed by atoms with van der Waals surface area (Å²) in [4.78, 5) is 24.0. The maximum absolute atomic E-state index is 13.3. The summed E-state index contributed by atoms with van der Waals surface area (Å²) in [6.07, 6.45) is 0. The molecule has 0 atom stereocenters. The number of anilines is 3. The van der Waals surface area contributed by atoms with E-state index in [2.05, 4.69) is 14.2 Å². The third-order valence-electron chi connectivity index (χ3n) is 5.75. The number of ether oxygens (including phenoxy) is 1. The van der Waals surface area contributed by atoms with Crippen LogP contribution in [-0.2, 0) is 30.7 Å². The van der Waals surface area contributed by atoms with Crippen LogP contribution in [0.2, 0.25) is 0 Å². The normalized spacial score (nSPS) is 12.9. The summed E-state index contributed by atoms with van der Waals surface area (Å²) < 4.78 is 84.8. The number of nitrogens with zero attached hydrogens (tertiary/aromatic N) is 1. The molecule has 0 spiro atoms. The molecule has 0 fully saturated rings. The quantitative estimate of drug-likeness (QED) is 0.224. The number of rotatable bonds is 6. The van der Waals surface area contributed by atoms with Gasteiger partial charge in [0.15, 0.2) is 0 Å². The largest absolute Gasteiger partial charge is 1.00 e. The van der Waals surface area contributed by atoms with Crippen molar-refractivity contribution in [1.29, 1.82) is 0 Å². The molecule has 1 amide bonds. The summed E-state index contributed by atoms with van der Waals surface area (Å²) in [5.41, 5.74) is 0.703. The Morgan fingerprint density at radius 2 is 1.42 bits per heavy atom. The van der Waals surface area contributed by atoms with Crippen molar-refractivity contribution in [2.45, 2.75) is 5.75 Å². The predicted molar refractivity (Wildman–Crippen MR) is 159 cm³/mol. The molecule has 2 N–H and O–H groups in total. The average molecular weight is 670 g/mol. The number of amides is 1. The van der Waals surface area contributed by atoms with E-state index in [1.54, 1.807) is 48.5 Å². The van der Waals surface area contributed by atoms with Gasteiger partial charge in [0.05, 0.1) is 35.5 Å². The Morgan fingerprint density at radius 3 is 2.02 bits per heavy atom. The van der Waals surface area contributed by atoms with Crippen LogP contribution in [0.3, 0.4) is 0 Å². The van der Waals surface area contributed by atoms with Crippen molar-refractivity contribution < 1.29 is 74.6 Å². The van der Waals surface area contributed by atoms with Crippen LogP contribution in [0, 0.1) is 11.6 Å². The molecule has 1 heterocycles. The Morgan fingerprint density at radius 1 is 0.867 bits per heavy atom. The summed E-state index contributed by atoms with van der Waals surface area (Å²) in [6.45, 7) is 0. The number of halogens is 2. The number of esters is 1. The van der Waals surface area contributed by atoms with Crippen molar-refractivity contribution >= 4 is 49.2 Å². The summed E-state index contributed by atoms with van der Waals surface area (Å²) in [5, 5.41) is 8.25. The van der Waals surface area contributed by atoms with Crippen LogP contribution in [-0.4, -0.2) is 42.9 Å². The third-order valence-corrected chi connectivity index (χ3v) is 8.35. The van der Waals surface area contributed by atoms with Gasteiger partial charge in [-0.05, 0) is 60.2 Å². The molecule has 5 rings (SSSR count). The van der Waals surface area contributed by atoms with Gasteiger partial charge in [0.25, 0.3) is 5.91 Å². The van der Waals surface area contributed by atoms with Crippen molar-refractivity contribution in [3.8, 4) is 0 Å². The molecule has 0 bridgehead atoms. The summed E-state index contributed by atoms with van der Waals surface area (Å²) in [6, 6.07) is 22.9. The van der Waals surface area contributed by atoms with Gasteiger partial charge < -0.3 is 9.84 Å². The number of hydrogen-bond acceptors (Lipinski definition) is 8. The first kappa shape index (κ1) is 37.3. The Balaban J connectivity index is 0.000000292. The van der Waals surface area contributed by atoms with E-state index in [0.29, 0.717) is 11.3 Å². The second kappa shape index (κ2) is 16.5. The van der Waals surface area contributed by atoms with Gasteiger partial charge in [-0.25, -0.2) is 26.3 Å². The van der Waals surface area contributed by atoms with Crippen LogP contribution >= 0.6 is 0 Å². The van der Waals surface area contributed by atoms with Crippen LogP contribution in [0.15, 0.2) is 97.1 Å². The minimum absolute atomic E-state index is 0. The fraction of sp³-hybridized carbons (Fsp3) is 0.103. The smallest absolute Gasteiger partial charge is 0.857 e. The van der Waals surface area contributed by atoms with Crippen LogP contribution in [0.25, 0.3) is 0 Å². The molecule has 0 aliphatic carbocycles. The van der Waals surface area contributed by atoms with Gasteiger partial charge in [-0.3, -0.25) is 14.2 Å². The maximum Gasteiger partial charge on any atom is 1.00 e. The number of fused-ring (bicyclic) bond motifs is 1. The minimum Gasteiger partial charge on any atom is -0.857 e. The topological polar surface area (TPSA) is 162 Å². The van der Waals surface area contributed by atoms with Crippen molar-refractivity contribution in [1.82, 2.24) is 0 Å². The molecule has 4 aromatic rings. The second-order valence-corrected chi connectivity index (χ2v) is 12.0. The fourth-order valence-corrected chi connectivity index (χ4v) is 6.46. The van der Waals surface area contributed by atoms with E-state index in [1.165, 1.54) is 18.2 Å². The van der Waals surface area contributed by atoms with Gasteiger partial charge in [-0.15, -0.1) is 0 Å². The molecule has 45 heavy (non-hydrogen) atoms. The molecule has 0 unspecified atom stereocenters. The van der Waals surface area contributed by atoms with Crippen LogP contribution < -0.4 is 48.4 Å². The first-order valence-corrected chi connectivity index (χ1v) is 15.5. The average Bonchev–Trinajstić information content (AvgIpc) is 3.00. The Bertz CT molecular complexity index is 1850. The predicted octanol–water partition coefficient (Wildman–Crippen LogP) is 0.678. The van der Waals surface area contributed by atoms with Crippen molar-refractivity contribution in [3.05, 3.63) is 125 Å². The van der Waals surface area contributed by atoms with Crippen molar-refractivity contribution in [3.63, 3.8) is 0 Å². The number of carbonyl (C=O) groups excluding carboxylic acids is 2. The first-order chi connectivity index (χ1) is 20.9. The fourth-order valence-electron chi connectivity index (χ4n) is 3.93. The Hall–Kier alpha value is -3.86. The number of methoxy groups -OCH3 is 1. The van der Waals surface area contributed by atoms with E-state index >= 15 is 0 Å². The van der Waals surface area contributed by atoms with Gasteiger partial charge in [0.1, 0.15) is 11.6 Å². The van der Waals surface area contributed by atoms with E-state index in [4.69, 9.17) is 5.11 Å². The van der Waals surface area contributed by atoms with Crippen LogP contribution in [0.5, 0.6) is 0 Å². The summed E-state index contributed by atoms with van der Waals surface area (Å²) >= 11 is 0. The van der Waals surface area contributed by atoms with Crippen LogP contribution in [0.4, 0.5) is 25.8 Å². The molecule has 0 radical (unpaired) electrons. The molecule has 11 nitrogen and oxygen atoms in total. The van der Waals surface area contributed by atoms with Gasteiger partial charge >= 0.3 is 45.7 Å². The van der Waals surface area contributed by atoms with E-state index in [9.17, 15) is 35.2 Å². The van der Waals surface area contributed by atoms with E-state index in [-0.39, 0.29) is 57.8 Å². The maximum atomic E-state index is 13.3. The number of benzene rings is 4. The third kappa shape index (κ3) is 9.81. The summed E-state index contributed by atoms with van der Waals surface area (Å²) in [7, 11) is -5.92. The first-order valence-electron chi connectivity index (χ1n) is 12.5. The van der Waals surface area contributed by atoms with Gasteiger partial charge in [-0.2, -0.15) is 15.5 Å². The molecule has 0 saturated heterocycles. The zero-order chi connectivity index (χ0) is 32.5. The SMILES string of the molecule is COC(=O)c1cc(F)ccc1NS(=O)(=O)Nc1ccccc1.C[O-].O=C1c2cc(F)ccc2CS(=O)(=O)N1c1ccccc1.[Na+]. The van der Waals surface area contributed by atoms with Gasteiger partial charge in [0, 0.05) is 5.56 Å². The number of para-hydroxylation sites is 2.